The Balaban J connectivity index is 1.97. The Morgan fingerprint density at radius 1 is 0.685 bits per heavy atom. The molecule has 5 N–H and O–H groups in total. The van der Waals surface area contributed by atoms with Crippen molar-refractivity contribution in [3.63, 3.8) is 0 Å². The molecule has 0 fully saturated rings. The molecule has 0 spiro atoms. The van der Waals surface area contributed by atoms with Gasteiger partial charge < -0.3 is 59.5 Å². The number of carbonyl (C=O) groups excluding carboxylic acids is 4. The van der Waals surface area contributed by atoms with Crippen molar-refractivity contribution in [3.05, 3.63) is 45.9 Å². The van der Waals surface area contributed by atoms with Gasteiger partial charge in [-0.2, -0.15) is 0 Å². The van der Waals surface area contributed by atoms with Crippen molar-refractivity contribution in [2.24, 2.45) is 23.7 Å². The van der Waals surface area contributed by atoms with Crippen molar-refractivity contribution < 1.29 is 57.8 Å². The van der Waals surface area contributed by atoms with E-state index in [1.165, 1.54) is 11.3 Å². The van der Waals surface area contributed by atoms with Gasteiger partial charge in [0.1, 0.15) is 28.6 Å². The van der Waals surface area contributed by atoms with Crippen LogP contribution in [0.15, 0.2) is 29.6 Å². The number of ether oxygens (including phenoxy) is 6. The van der Waals surface area contributed by atoms with E-state index in [4.69, 9.17) is 28.4 Å². The summed E-state index contributed by atoms with van der Waals surface area (Å²) in [5.74, 6) is -1.44. The van der Waals surface area contributed by atoms with E-state index >= 15 is 0 Å². The van der Waals surface area contributed by atoms with Gasteiger partial charge in [-0.1, -0.05) is 87.3 Å². The molecular weight excluding hydrogens is 957 g/mol. The molecule has 0 aliphatic rings. The lowest BCUT2D eigenvalue weighted by Gasteiger charge is -2.39. The first kappa shape index (κ1) is 65.3. The van der Waals surface area contributed by atoms with Gasteiger partial charge in [0.25, 0.3) is 5.91 Å². The van der Waals surface area contributed by atoms with E-state index < -0.39 is 36.1 Å². The number of carbonyl (C=O) groups is 4. The second-order valence-electron chi connectivity index (χ2n) is 19.5. The van der Waals surface area contributed by atoms with E-state index in [1.54, 1.807) is 36.6 Å². The second-order valence-corrected chi connectivity index (χ2v) is 20.4. The quantitative estimate of drug-likeness (QED) is 0.0480. The highest BCUT2D eigenvalue weighted by atomic mass is 32.1. The van der Waals surface area contributed by atoms with Crippen LogP contribution in [-0.2, 0) is 49.2 Å². The number of amides is 4. The minimum atomic E-state index is -1.08. The van der Waals surface area contributed by atoms with Crippen molar-refractivity contribution in [3.8, 4) is 5.75 Å². The Hall–Kier alpha value is -3.79. The van der Waals surface area contributed by atoms with Crippen LogP contribution in [0.4, 0.5) is 0 Å². The highest BCUT2D eigenvalue weighted by Crippen LogP contribution is 2.29. The number of aliphatic hydroxyl groups excluding tert-OH is 1. The third kappa shape index (κ3) is 25.5. The topological polar surface area (TPSA) is 220 Å². The number of phenols is 1. The van der Waals surface area contributed by atoms with Crippen LogP contribution >= 0.6 is 11.3 Å². The first-order chi connectivity index (χ1) is 35.0. The fourth-order valence-electron chi connectivity index (χ4n) is 8.31. The summed E-state index contributed by atoms with van der Waals surface area (Å²) >= 11 is 1.17. The number of hydrogen-bond acceptors (Lipinski definition) is 15. The van der Waals surface area contributed by atoms with Crippen LogP contribution in [0.5, 0.6) is 5.75 Å². The van der Waals surface area contributed by atoms with E-state index in [2.05, 4.69) is 34.8 Å². The van der Waals surface area contributed by atoms with Crippen molar-refractivity contribution in [2.45, 2.75) is 138 Å². The molecule has 0 radical (unpaired) electrons. The molecule has 0 aliphatic heterocycles. The minimum absolute atomic E-state index is 0.0469. The van der Waals surface area contributed by atoms with Gasteiger partial charge in [0.2, 0.25) is 17.7 Å². The summed E-state index contributed by atoms with van der Waals surface area (Å²) in [5.41, 5.74) is 0.989. The number of benzene rings is 1. The van der Waals surface area contributed by atoms with Gasteiger partial charge in [-0.05, 0) is 75.2 Å². The SMILES string of the molecule is CCCOCCOCCOCCOCCOCCOCCNC(=O)[C@@H](C)C[C@H](Cc1ccc(O)cc1)NC(=O)c1csc([C@H](O)C[C@H](C(C)C)N(CCC)C(=O)[C@@H](NC(=O)[C@@H]([C@@H](C)CC)N(C)C)[C@@H](C)CC)n1. The average molecular weight is 1050 g/mol. The second kappa shape index (κ2) is 37.9. The van der Waals surface area contributed by atoms with Crippen LogP contribution in [0, 0.1) is 23.7 Å². The number of likely N-dealkylation sites (N-methyl/N-ethyl adjacent to an activating group) is 1. The molecule has 1 aromatic heterocycles. The summed E-state index contributed by atoms with van der Waals surface area (Å²) in [6.45, 7) is 24.5. The normalized spacial score (nSPS) is 15.0. The summed E-state index contributed by atoms with van der Waals surface area (Å²) in [5, 5.41) is 32.7. The maximum absolute atomic E-state index is 14.6. The zero-order valence-electron chi connectivity index (χ0n) is 46.2. The van der Waals surface area contributed by atoms with E-state index in [-0.39, 0.29) is 59.4 Å². The van der Waals surface area contributed by atoms with Gasteiger partial charge in [-0.25, -0.2) is 4.98 Å². The van der Waals surface area contributed by atoms with E-state index in [0.717, 1.165) is 25.0 Å². The molecule has 2 aromatic rings. The van der Waals surface area contributed by atoms with Crippen molar-refractivity contribution in [2.75, 3.05) is 106 Å². The summed E-state index contributed by atoms with van der Waals surface area (Å²) < 4.78 is 33.0. The smallest absolute Gasteiger partial charge is 0.270 e. The van der Waals surface area contributed by atoms with Crippen molar-refractivity contribution in [1.82, 2.24) is 30.7 Å². The van der Waals surface area contributed by atoms with E-state index in [1.807, 2.05) is 65.4 Å². The number of hydrogen-bond donors (Lipinski definition) is 5. The fraction of sp³-hybridized carbons (Fsp3) is 0.759. The molecule has 0 bridgehead atoms. The lowest BCUT2D eigenvalue weighted by atomic mass is 9.91. The predicted octanol–water partition coefficient (Wildman–Crippen LogP) is 6.04. The van der Waals surface area contributed by atoms with Crippen molar-refractivity contribution in [1.29, 1.82) is 0 Å². The van der Waals surface area contributed by atoms with Gasteiger partial charge in [0, 0.05) is 49.5 Å². The number of aliphatic hydroxyl groups is 1. The van der Waals surface area contributed by atoms with Crippen LogP contribution in [0.1, 0.15) is 128 Å². The van der Waals surface area contributed by atoms with E-state index in [9.17, 15) is 29.4 Å². The average Bonchev–Trinajstić information content (AvgIpc) is 3.87. The highest BCUT2D eigenvalue weighted by Gasteiger charge is 2.38. The molecule has 0 aliphatic carbocycles. The summed E-state index contributed by atoms with van der Waals surface area (Å²) in [7, 11) is 3.76. The molecule has 1 aromatic carbocycles. The van der Waals surface area contributed by atoms with Crippen molar-refractivity contribution >= 4 is 35.0 Å². The zero-order valence-corrected chi connectivity index (χ0v) is 47.0. The molecule has 2 rings (SSSR count). The Morgan fingerprint density at radius 2 is 1.22 bits per heavy atom. The number of aromatic nitrogens is 1. The zero-order chi connectivity index (χ0) is 54.1. The molecule has 1 heterocycles. The molecule has 19 heteroatoms. The molecule has 8 atom stereocenters. The molecule has 418 valence electrons. The molecule has 73 heavy (non-hydrogen) atoms. The predicted molar refractivity (Wildman–Crippen MR) is 286 cm³/mol. The Bertz CT molecular complexity index is 1810. The fourth-order valence-corrected chi connectivity index (χ4v) is 9.11. The Labute approximate surface area is 441 Å². The largest absolute Gasteiger partial charge is 0.508 e. The minimum Gasteiger partial charge on any atom is -0.508 e. The molecule has 0 saturated heterocycles. The summed E-state index contributed by atoms with van der Waals surface area (Å²) in [6.07, 6.45) is 2.98. The monoisotopic (exact) mass is 1050 g/mol. The van der Waals surface area contributed by atoms with Gasteiger partial charge in [-0.15, -0.1) is 11.3 Å². The number of aromatic hydroxyl groups is 1. The lowest BCUT2D eigenvalue weighted by molar-refractivity contribution is -0.143. The standard InChI is InChI=1S/C54H94N6O12S/c1-12-21-60(54(66)48(39(7)14-3)58-52(65)49(59(10)11)40(8)15-4)46(38(5)6)36-47(62)53-57-45(37-73-53)51(64)56-43(35-42-16-18-44(61)19-17-42)34-41(9)50(63)55-20-23-68-25-27-70-29-31-72-33-32-71-30-28-69-26-24-67-22-13-2/h16-19,37-41,43,46-49,61-62H,12-15,20-36H2,1-11H3,(H,55,63)(H,56,64)(H,58,65)/t39-,40-,41-,43+,46+,47+,48-,49+/m0/s1. The number of nitrogens with zero attached hydrogens (tertiary/aromatic N) is 3. The number of rotatable bonds is 42. The third-order valence-electron chi connectivity index (χ3n) is 12.8. The summed E-state index contributed by atoms with van der Waals surface area (Å²) in [6, 6.07) is 4.70. The van der Waals surface area contributed by atoms with Crippen LogP contribution in [0.25, 0.3) is 0 Å². The molecule has 0 saturated carbocycles. The van der Waals surface area contributed by atoms with E-state index in [0.29, 0.717) is 116 Å². The lowest BCUT2D eigenvalue weighted by Crippen LogP contribution is -2.59. The van der Waals surface area contributed by atoms with Gasteiger partial charge in [-0.3, -0.25) is 24.1 Å². The van der Waals surface area contributed by atoms with Gasteiger partial charge >= 0.3 is 0 Å². The number of phenolic OH excluding ortho intramolecular Hbond substituents is 1. The molecule has 0 unspecified atom stereocenters. The third-order valence-corrected chi connectivity index (χ3v) is 13.7. The number of nitrogens with one attached hydrogen (secondary N) is 3. The van der Waals surface area contributed by atoms with Crippen LogP contribution < -0.4 is 16.0 Å². The van der Waals surface area contributed by atoms with Crippen LogP contribution in [0.3, 0.4) is 0 Å². The molecular formula is C54H94N6O12S. The number of thiazole rings is 1. The molecule has 18 nitrogen and oxygen atoms in total. The first-order valence-corrected chi connectivity index (χ1v) is 27.6. The Kier molecular flexibility index (Phi) is 33.9. The van der Waals surface area contributed by atoms with Gasteiger partial charge in [0.05, 0.1) is 78.7 Å². The van der Waals surface area contributed by atoms with Gasteiger partial charge in [0.15, 0.2) is 0 Å². The van der Waals surface area contributed by atoms with Crippen LogP contribution in [-0.4, -0.2) is 179 Å². The Morgan fingerprint density at radius 3 is 1.71 bits per heavy atom. The first-order valence-electron chi connectivity index (χ1n) is 26.7. The molecule has 4 amide bonds. The summed E-state index contributed by atoms with van der Waals surface area (Å²) in [4.78, 5) is 63.8. The van der Waals surface area contributed by atoms with Crippen LogP contribution in [0.2, 0.25) is 0 Å². The maximum atomic E-state index is 14.6. The highest BCUT2D eigenvalue weighted by molar-refractivity contribution is 7.09. The maximum Gasteiger partial charge on any atom is 0.270 e.